The van der Waals surface area contributed by atoms with Gasteiger partial charge in [0.25, 0.3) is 5.16 Å². The number of ether oxygens (including phenoxy) is 1. The van der Waals surface area contributed by atoms with E-state index in [9.17, 15) is 13.2 Å². The van der Waals surface area contributed by atoms with Gasteiger partial charge >= 0.3 is 6.09 Å². The number of sulfone groups is 1. The number of anilines is 3. The highest BCUT2D eigenvalue weighted by Crippen LogP contribution is 2.28. The molecule has 0 saturated carbocycles. The van der Waals surface area contributed by atoms with Gasteiger partial charge in [0, 0.05) is 6.26 Å². The molecule has 4 N–H and O–H groups in total. The molecule has 0 atom stereocenters. The van der Waals surface area contributed by atoms with Crippen LogP contribution in [0.25, 0.3) is 0 Å². The van der Waals surface area contributed by atoms with Crippen LogP contribution in [0.4, 0.5) is 22.1 Å². The first-order valence-electron chi connectivity index (χ1n) is 9.43. The maximum Gasteiger partial charge on any atom is 0.415 e. The first kappa shape index (κ1) is 24.9. The number of aromatic nitrogens is 2. The van der Waals surface area contributed by atoms with E-state index in [1.807, 2.05) is 38.1 Å². The number of nitrogens with two attached hydrogens (primary N) is 2. The van der Waals surface area contributed by atoms with Crippen LogP contribution in [0.3, 0.4) is 0 Å². The highest BCUT2D eigenvalue weighted by Gasteiger charge is 2.26. The van der Waals surface area contributed by atoms with Crippen molar-refractivity contribution in [3.05, 3.63) is 48.0 Å². The van der Waals surface area contributed by atoms with E-state index in [2.05, 4.69) is 16.5 Å². The summed E-state index contributed by atoms with van der Waals surface area (Å²) in [5.74, 6) is -0.361. The molecule has 0 aliphatic heterocycles. The highest BCUT2D eigenvalue weighted by molar-refractivity contribution is 7.90. The Bertz CT molecular complexity index is 993. The Hall–Kier alpha value is -3.14. The first-order chi connectivity index (χ1) is 14.2. The third kappa shape index (κ3) is 6.45. The van der Waals surface area contributed by atoms with Crippen molar-refractivity contribution < 1.29 is 17.9 Å². The summed E-state index contributed by atoms with van der Waals surface area (Å²) in [7, 11) is -3.77. The largest absolute Gasteiger partial charge is 0.449 e. The van der Waals surface area contributed by atoms with Crippen molar-refractivity contribution in [1.82, 2.24) is 9.97 Å². The summed E-state index contributed by atoms with van der Waals surface area (Å²) < 4.78 is 28.8. The van der Waals surface area contributed by atoms with Crippen LogP contribution in [-0.4, -0.2) is 37.3 Å². The van der Waals surface area contributed by atoms with Gasteiger partial charge in [0.2, 0.25) is 9.84 Å². The molecule has 1 heterocycles. The number of hydrogen-bond acceptors (Lipinski definition) is 8. The van der Waals surface area contributed by atoms with E-state index in [1.165, 1.54) is 0 Å². The van der Waals surface area contributed by atoms with E-state index >= 15 is 0 Å². The molecule has 0 aliphatic rings. The number of amides is 1. The van der Waals surface area contributed by atoms with Crippen molar-refractivity contribution in [3.63, 3.8) is 0 Å². The molecule has 0 radical (unpaired) electrons. The van der Waals surface area contributed by atoms with Gasteiger partial charge in [0.05, 0.1) is 13.2 Å². The fraction of sp³-hybridized carbons (Fsp3) is 0.350. The van der Waals surface area contributed by atoms with Crippen molar-refractivity contribution in [2.45, 2.75) is 38.9 Å². The van der Waals surface area contributed by atoms with Crippen molar-refractivity contribution in [1.29, 1.82) is 0 Å². The van der Waals surface area contributed by atoms with E-state index in [1.54, 1.807) is 13.0 Å². The summed E-state index contributed by atoms with van der Waals surface area (Å²) >= 11 is 0. The summed E-state index contributed by atoms with van der Waals surface area (Å²) in [5.41, 5.74) is 13.4. The van der Waals surface area contributed by atoms with Gasteiger partial charge in [0.15, 0.2) is 11.6 Å². The molecule has 30 heavy (non-hydrogen) atoms. The van der Waals surface area contributed by atoms with E-state index in [0.717, 1.165) is 22.3 Å². The molecule has 0 saturated heterocycles. The summed E-state index contributed by atoms with van der Waals surface area (Å²) in [4.78, 5) is 21.4. The van der Waals surface area contributed by atoms with Crippen LogP contribution < -0.4 is 16.4 Å². The zero-order valence-corrected chi connectivity index (χ0v) is 18.6. The molecule has 10 heteroatoms. The summed E-state index contributed by atoms with van der Waals surface area (Å²) in [5, 5.41) is -0.524. The Kier molecular flexibility index (Phi) is 9.25. The number of carbonyl (C=O) groups is 1. The molecular formula is C20H29N5O4S. The number of hydrogen-bond donors (Lipinski definition) is 2. The second kappa shape index (κ2) is 11.1. The average Bonchev–Trinajstić information content (AvgIpc) is 2.70. The lowest BCUT2D eigenvalue weighted by atomic mass is 10.1. The lowest BCUT2D eigenvalue weighted by molar-refractivity contribution is 0.159. The molecule has 0 aliphatic carbocycles. The Morgan fingerprint density at radius 1 is 1.23 bits per heavy atom. The second-order valence-electron chi connectivity index (χ2n) is 6.00. The number of carbonyl (C=O) groups excluding carboxylic acids is 1. The molecule has 0 spiro atoms. The Balaban J connectivity index is 0.00000218. The number of nitrogen functional groups attached to an aromatic ring is 2. The molecular weight excluding hydrogens is 406 g/mol. The van der Waals surface area contributed by atoms with Gasteiger partial charge in [-0.1, -0.05) is 44.2 Å². The Morgan fingerprint density at radius 3 is 2.43 bits per heavy atom. The van der Waals surface area contributed by atoms with Gasteiger partial charge in [-0.05, 0) is 24.5 Å². The SMILES string of the molecule is C=CCc1cccc(CN(C(=O)OCC)c2nc(S(C)(=O)=O)nc(N)c2N)c1.CC. The van der Waals surface area contributed by atoms with Gasteiger partial charge in [-0.15, -0.1) is 6.58 Å². The molecule has 164 valence electrons. The lowest BCUT2D eigenvalue weighted by Crippen LogP contribution is -2.33. The average molecular weight is 436 g/mol. The van der Waals surface area contributed by atoms with Crippen LogP contribution in [0.15, 0.2) is 42.1 Å². The van der Waals surface area contributed by atoms with Crippen LogP contribution in [-0.2, 0) is 27.5 Å². The minimum atomic E-state index is -3.77. The molecule has 9 nitrogen and oxygen atoms in total. The van der Waals surface area contributed by atoms with E-state index in [-0.39, 0.29) is 30.5 Å². The van der Waals surface area contributed by atoms with E-state index in [0.29, 0.717) is 6.42 Å². The van der Waals surface area contributed by atoms with Gasteiger partial charge < -0.3 is 16.2 Å². The molecule has 1 aromatic heterocycles. The molecule has 1 amide bonds. The van der Waals surface area contributed by atoms with Crippen LogP contribution in [0.5, 0.6) is 0 Å². The van der Waals surface area contributed by atoms with Crippen molar-refractivity contribution in [3.8, 4) is 0 Å². The molecule has 2 aromatic rings. The number of allylic oxidation sites excluding steroid dienone is 1. The van der Waals surface area contributed by atoms with Gasteiger partial charge in [0.1, 0.15) is 5.69 Å². The minimum Gasteiger partial charge on any atom is -0.449 e. The fourth-order valence-corrected chi connectivity index (χ4v) is 2.97. The lowest BCUT2D eigenvalue weighted by Gasteiger charge is -2.23. The quantitative estimate of drug-likeness (QED) is 0.499. The zero-order chi connectivity index (χ0) is 22.9. The van der Waals surface area contributed by atoms with Crippen molar-refractivity contribution >= 4 is 33.3 Å². The maximum atomic E-state index is 12.6. The number of benzene rings is 1. The predicted octanol–water partition coefficient (Wildman–Crippen LogP) is 2.96. The Morgan fingerprint density at radius 2 is 1.87 bits per heavy atom. The van der Waals surface area contributed by atoms with E-state index < -0.39 is 21.1 Å². The monoisotopic (exact) mass is 435 g/mol. The second-order valence-corrected chi connectivity index (χ2v) is 7.91. The highest BCUT2D eigenvalue weighted by atomic mass is 32.2. The van der Waals surface area contributed by atoms with E-state index in [4.69, 9.17) is 16.2 Å². The summed E-state index contributed by atoms with van der Waals surface area (Å²) in [6, 6.07) is 7.49. The van der Waals surface area contributed by atoms with Gasteiger partial charge in [-0.3, -0.25) is 4.90 Å². The topological polar surface area (TPSA) is 142 Å². The fourth-order valence-electron chi connectivity index (χ4n) is 2.46. The third-order valence-electron chi connectivity index (χ3n) is 3.72. The Labute approximate surface area is 177 Å². The van der Waals surface area contributed by atoms with Gasteiger partial charge in [-0.2, -0.15) is 9.97 Å². The zero-order valence-electron chi connectivity index (χ0n) is 17.8. The molecule has 2 rings (SSSR count). The van der Waals surface area contributed by atoms with Crippen LogP contribution in [0.2, 0.25) is 0 Å². The summed E-state index contributed by atoms with van der Waals surface area (Å²) in [6.07, 6.45) is 2.63. The molecule has 0 fully saturated rings. The number of rotatable bonds is 7. The van der Waals surface area contributed by atoms with Crippen molar-refractivity contribution in [2.75, 3.05) is 29.2 Å². The third-order valence-corrected chi connectivity index (χ3v) is 4.57. The molecule has 0 bridgehead atoms. The maximum absolute atomic E-state index is 12.6. The smallest absolute Gasteiger partial charge is 0.415 e. The van der Waals surface area contributed by atoms with Crippen LogP contribution in [0.1, 0.15) is 31.9 Å². The van der Waals surface area contributed by atoms with Gasteiger partial charge in [-0.25, -0.2) is 13.2 Å². The summed E-state index contributed by atoms with van der Waals surface area (Å²) in [6.45, 7) is 9.53. The number of nitrogens with zero attached hydrogens (tertiary/aromatic N) is 3. The van der Waals surface area contributed by atoms with Crippen LogP contribution in [0, 0.1) is 0 Å². The predicted molar refractivity (Wildman–Crippen MR) is 119 cm³/mol. The van der Waals surface area contributed by atoms with Crippen LogP contribution >= 0.6 is 0 Å². The molecule has 1 aromatic carbocycles. The minimum absolute atomic E-state index is 0.0493. The normalized spacial score (nSPS) is 10.5. The molecule has 0 unspecified atom stereocenters. The first-order valence-corrected chi connectivity index (χ1v) is 11.3. The standard InChI is InChI=1S/C18H23N5O4S.C2H6/c1-4-7-12-8-6-9-13(10-12)11-23(18(24)27-5-2)16-14(19)15(20)21-17(22-16)28(3,25)26;1-2/h4,6,8-10H,1,5,7,11,19H2,2-3H3,(H2,20,21,22);1-2H3. The van der Waals surface area contributed by atoms with Crippen molar-refractivity contribution in [2.24, 2.45) is 0 Å².